The van der Waals surface area contributed by atoms with Gasteiger partial charge in [0.2, 0.25) is 0 Å². The van der Waals surface area contributed by atoms with Gasteiger partial charge < -0.3 is 24.8 Å². The number of carbonyl (C=O) groups excluding carboxylic acids is 2. The lowest BCUT2D eigenvalue weighted by Gasteiger charge is -2.41. The lowest BCUT2D eigenvalue weighted by molar-refractivity contribution is -0.146. The molecule has 0 spiro atoms. The third-order valence-electron chi connectivity index (χ3n) is 4.07. The van der Waals surface area contributed by atoms with Crippen molar-refractivity contribution in [3.63, 3.8) is 0 Å². The van der Waals surface area contributed by atoms with Crippen molar-refractivity contribution in [3.05, 3.63) is 12.2 Å². The van der Waals surface area contributed by atoms with Gasteiger partial charge in [0.25, 0.3) is 0 Å². The minimum absolute atomic E-state index is 0.258. The first kappa shape index (κ1) is 17.7. The molecule has 1 aliphatic heterocycles. The highest BCUT2D eigenvalue weighted by molar-refractivity contribution is 5.83. The van der Waals surface area contributed by atoms with Gasteiger partial charge in [-0.25, -0.2) is 9.59 Å². The first-order valence-corrected chi connectivity index (χ1v) is 7.37. The van der Waals surface area contributed by atoms with Crippen LogP contribution in [0.15, 0.2) is 12.2 Å². The normalized spacial score (nSPS) is 36.6. The first-order chi connectivity index (χ1) is 10.5. The molecule has 0 bridgehead atoms. The number of esters is 1. The quantitative estimate of drug-likeness (QED) is 0.441. The van der Waals surface area contributed by atoms with Crippen molar-refractivity contribution in [3.8, 4) is 0 Å². The molecule has 1 amide bonds. The number of ether oxygens (including phenoxy) is 2. The van der Waals surface area contributed by atoms with Crippen molar-refractivity contribution >= 4 is 12.1 Å². The number of hydrogen-bond acceptors (Lipinski definition) is 7. The van der Waals surface area contributed by atoms with Crippen LogP contribution in [-0.4, -0.2) is 74.9 Å². The summed E-state index contributed by atoms with van der Waals surface area (Å²) in [6.07, 6.45) is -1.17. The van der Waals surface area contributed by atoms with Crippen molar-refractivity contribution in [2.45, 2.75) is 62.7 Å². The summed E-state index contributed by atoms with van der Waals surface area (Å²) in [4.78, 5) is 25.5. The highest BCUT2D eigenvalue weighted by Gasteiger charge is 2.62. The van der Waals surface area contributed by atoms with Crippen LogP contribution in [0.2, 0.25) is 0 Å². The standard InChI is InChI=1S/C15H23NO7/c1-14(2,3)23-13(20)16-8(12(19)22-4)7-15(21)10(18)6-5-9(17)11(15)16/h5-6,8-11,17-18,21H,7H2,1-4H3/t8-,9-,10+,11+,15+/m0/s1. The van der Waals surface area contributed by atoms with Crippen LogP contribution in [0.1, 0.15) is 27.2 Å². The summed E-state index contributed by atoms with van der Waals surface area (Å²) in [6, 6.07) is -2.37. The van der Waals surface area contributed by atoms with E-state index in [1.807, 2.05) is 0 Å². The Morgan fingerprint density at radius 1 is 1.26 bits per heavy atom. The minimum Gasteiger partial charge on any atom is -0.467 e. The fourth-order valence-electron chi connectivity index (χ4n) is 3.10. The molecule has 5 atom stereocenters. The molecule has 1 fully saturated rings. The monoisotopic (exact) mass is 329 g/mol. The van der Waals surface area contributed by atoms with Crippen LogP contribution in [-0.2, 0) is 14.3 Å². The predicted octanol–water partition coefficient (Wildman–Crippen LogP) is -0.440. The fraction of sp³-hybridized carbons (Fsp3) is 0.733. The third kappa shape index (κ3) is 3.06. The second-order valence-electron chi connectivity index (χ2n) is 6.89. The number of rotatable bonds is 1. The van der Waals surface area contributed by atoms with Crippen LogP contribution < -0.4 is 0 Å². The molecular weight excluding hydrogens is 306 g/mol. The SMILES string of the molecule is COC(=O)[C@@H]1C[C@@]2(O)[C@H](O)C=C[C@H](O)[C@H]2N1C(=O)OC(C)(C)C. The van der Waals surface area contributed by atoms with Gasteiger partial charge in [-0.15, -0.1) is 0 Å². The van der Waals surface area contributed by atoms with E-state index < -0.39 is 47.6 Å². The van der Waals surface area contributed by atoms with Crippen LogP contribution in [0.25, 0.3) is 0 Å². The zero-order valence-corrected chi connectivity index (χ0v) is 13.6. The van der Waals surface area contributed by atoms with Gasteiger partial charge >= 0.3 is 12.1 Å². The molecule has 3 N–H and O–H groups in total. The van der Waals surface area contributed by atoms with Gasteiger partial charge in [0.1, 0.15) is 23.3 Å². The van der Waals surface area contributed by atoms with E-state index in [1.165, 1.54) is 12.2 Å². The summed E-state index contributed by atoms with van der Waals surface area (Å²) in [5.74, 6) is -0.752. The zero-order chi connectivity index (χ0) is 17.6. The lowest BCUT2D eigenvalue weighted by atomic mass is 9.80. The van der Waals surface area contributed by atoms with Crippen LogP contribution in [0.4, 0.5) is 4.79 Å². The van der Waals surface area contributed by atoms with Gasteiger partial charge in [0.15, 0.2) is 0 Å². The van der Waals surface area contributed by atoms with E-state index in [9.17, 15) is 24.9 Å². The van der Waals surface area contributed by atoms with E-state index in [1.54, 1.807) is 20.8 Å². The predicted molar refractivity (Wildman–Crippen MR) is 78.4 cm³/mol. The van der Waals surface area contributed by atoms with Crippen LogP contribution in [0, 0.1) is 0 Å². The molecule has 2 aliphatic rings. The largest absolute Gasteiger partial charge is 0.467 e. The Bertz CT molecular complexity index is 526. The van der Waals surface area contributed by atoms with Crippen molar-refractivity contribution in [2.75, 3.05) is 7.11 Å². The second-order valence-corrected chi connectivity index (χ2v) is 6.89. The molecule has 130 valence electrons. The van der Waals surface area contributed by atoms with Gasteiger partial charge in [0.05, 0.1) is 19.3 Å². The number of hydrogen-bond donors (Lipinski definition) is 3. The lowest BCUT2D eigenvalue weighted by Crippen LogP contribution is -2.61. The van der Waals surface area contributed by atoms with Gasteiger partial charge in [0, 0.05) is 6.42 Å². The van der Waals surface area contributed by atoms with Crippen LogP contribution in [0.5, 0.6) is 0 Å². The zero-order valence-electron chi connectivity index (χ0n) is 13.6. The van der Waals surface area contributed by atoms with E-state index in [-0.39, 0.29) is 6.42 Å². The maximum Gasteiger partial charge on any atom is 0.411 e. The van der Waals surface area contributed by atoms with Crippen molar-refractivity contribution in [1.82, 2.24) is 4.90 Å². The molecule has 0 unspecified atom stereocenters. The summed E-state index contributed by atoms with van der Waals surface area (Å²) >= 11 is 0. The number of likely N-dealkylation sites (tertiary alicyclic amines) is 1. The topological polar surface area (TPSA) is 117 Å². The fourth-order valence-corrected chi connectivity index (χ4v) is 3.10. The molecular formula is C15H23NO7. The number of methoxy groups -OCH3 is 1. The maximum atomic E-state index is 12.5. The smallest absolute Gasteiger partial charge is 0.411 e. The Labute approximate surface area is 134 Å². The summed E-state index contributed by atoms with van der Waals surface area (Å²) in [5.41, 5.74) is -2.68. The number of carbonyl (C=O) groups is 2. The van der Waals surface area contributed by atoms with E-state index in [2.05, 4.69) is 4.74 Å². The van der Waals surface area contributed by atoms with Gasteiger partial charge in [-0.05, 0) is 20.8 Å². The van der Waals surface area contributed by atoms with Crippen LogP contribution >= 0.6 is 0 Å². The third-order valence-corrected chi connectivity index (χ3v) is 4.07. The van der Waals surface area contributed by atoms with Crippen molar-refractivity contribution in [2.24, 2.45) is 0 Å². The highest BCUT2D eigenvalue weighted by atomic mass is 16.6. The molecule has 8 heteroatoms. The summed E-state index contributed by atoms with van der Waals surface area (Å²) in [6.45, 7) is 4.98. The van der Waals surface area contributed by atoms with E-state index in [0.717, 1.165) is 12.0 Å². The maximum absolute atomic E-state index is 12.5. The summed E-state index contributed by atoms with van der Waals surface area (Å²) < 4.78 is 9.96. The molecule has 23 heavy (non-hydrogen) atoms. The highest BCUT2D eigenvalue weighted by Crippen LogP contribution is 2.42. The van der Waals surface area contributed by atoms with Gasteiger partial charge in [-0.2, -0.15) is 0 Å². The summed E-state index contributed by atoms with van der Waals surface area (Å²) in [7, 11) is 1.16. The molecule has 0 aromatic rings. The van der Waals surface area contributed by atoms with Crippen LogP contribution in [0.3, 0.4) is 0 Å². The number of amides is 1. The molecule has 0 radical (unpaired) electrons. The molecule has 1 aliphatic carbocycles. The Morgan fingerprint density at radius 3 is 2.39 bits per heavy atom. The summed E-state index contributed by atoms with van der Waals surface area (Å²) in [5, 5.41) is 31.0. The van der Waals surface area contributed by atoms with Gasteiger partial charge in [-0.3, -0.25) is 4.90 Å². The molecule has 0 aromatic heterocycles. The molecule has 2 rings (SSSR count). The Morgan fingerprint density at radius 2 is 1.87 bits per heavy atom. The van der Waals surface area contributed by atoms with Gasteiger partial charge in [-0.1, -0.05) is 12.2 Å². The van der Waals surface area contributed by atoms with E-state index in [0.29, 0.717) is 0 Å². The molecule has 1 saturated heterocycles. The van der Waals surface area contributed by atoms with Crippen molar-refractivity contribution < 1.29 is 34.4 Å². The molecule has 0 aromatic carbocycles. The Balaban J connectivity index is 2.43. The first-order valence-electron chi connectivity index (χ1n) is 7.37. The second kappa shape index (κ2) is 5.77. The molecule has 0 saturated carbocycles. The average Bonchev–Trinajstić information content (AvgIpc) is 2.76. The number of nitrogens with zero attached hydrogens (tertiary/aromatic N) is 1. The van der Waals surface area contributed by atoms with E-state index in [4.69, 9.17) is 4.74 Å². The molecule has 1 heterocycles. The molecule has 8 nitrogen and oxygen atoms in total. The van der Waals surface area contributed by atoms with Crippen molar-refractivity contribution in [1.29, 1.82) is 0 Å². The average molecular weight is 329 g/mol. The number of aliphatic hydroxyl groups excluding tert-OH is 2. The Kier molecular flexibility index (Phi) is 4.44. The minimum atomic E-state index is -1.86. The van der Waals surface area contributed by atoms with E-state index >= 15 is 0 Å². The number of aliphatic hydroxyl groups is 3. The Hall–Kier alpha value is -1.64. The number of fused-ring (bicyclic) bond motifs is 1.